The van der Waals surface area contributed by atoms with Crippen molar-refractivity contribution in [3.63, 3.8) is 0 Å². The number of amides is 1. The Labute approximate surface area is 99.1 Å². The van der Waals surface area contributed by atoms with Gasteiger partial charge in [0.2, 0.25) is 0 Å². The molecular weight excluding hydrogens is 230 g/mol. The average Bonchev–Trinajstić information content (AvgIpc) is 2.16. The Hall–Kier alpha value is -1.10. The number of hydrogen-bond acceptors (Lipinski definition) is 3. The molecule has 1 amide bonds. The van der Waals surface area contributed by atoms with Crippen molar-refractivity contribution < 1.29 is 14.7 Å². The van der Waals surface area contributed by atoms with Crippen molar-refractivity contribution in [1.82, 2.24) is 5.48 Å². The summed E-state index contributed by atoms with van der Waals surface area (Å²) < 4.78 is 0. The molecule has 5 heteroatoms. The maximum atomic E-state index is 11.6. The fourth-order valence-corrected chi connectivity index (χ4v) is 1.41. The highest BCUT2D eigenvalue weighted by Gasteiger charge is 2.10. The summed E-state index contributed by atoms with van der Waals surface area (Å²) >= 11 is 5.90. The number of hydrogen-bond donors (Lipinski definition) is 2. The quantitative estimate of drug-likeness (QED) is 0.792. The Bertz CT molecular complexity index is 379. The number of carbonyl (C=O) groups excluding carboxylic acids is 1. The highest BCUT2D eigenvalue weighted by Crippen LogP contribution is 2.17. The number of halogens is 1. The van der Waals surface area contributed by atoms with Gasteiger partial charge in [-0.2, -0.15) is 0 Å². The van der Waals surface area contributed by atoms with Crippen LogP contribution in [0.15, 0.2) is 18.2 Å². The van der Waals surface area contributed by atoms with E-state index in [1.165, 1.54) is 0 Å². The highest BCUT2D eigenvalue weighted by molar-refractivity contribution is 6.33. The van der Waals surface area contributed by atoms with E-state index in [9.17, 15) is 4.79 Å². The van der Waals surface area contributed by atoms with Crippen LogP contribution in [0.2, 0.25) is 5.02 Å². The van der Waals surface area contributed by atoms with Gasteiger partial charge in [-0.15, -0.1) is 0 Å². The Morgan fingerprint density at radius 1 is 1.62 bits per heavy atom. The SMILES string of the molecule is Cc1ccc(C(=O)NOC[C@H](C)O)c(Cl)c1. The van der Waals surface area contributed by atoms with Gasteiger partial charge in [0.25, 0.3) is 5.91 Å². The number of benzene rings is 1. The summed E-state index contributed by atoms with van der Waals surface area (Å²) in [4.78, 5) is 16.3. The second kappa shape index (κ2) is 5.84. The van der Waals surface area contributed by atoms with Crippen LogP contribution in [0.1, 0.15) is 22.8 Å². The van der Waals surface area contributed by atoms with Crippen LogP contribution in [0.5, 0.6) is 0 Å². The van der Waals surface area contributed by atoms with Gasteiger partial charge in [-0.25, -0.2) is 5.48 Å². The van der Waals surface area contributed by atoms with E-state index in [1.54, 1.807) is 25.1 Å². The van der Waals surface area contributed by atoms with Crippen molar-refractivity contribution in [2.45, 2.75) is 20.0 Å². The van der Waals surface area contributed by atoms with Crippen molar-refractivity contribution in [1.29, 1.82) is 0 Å². The van der Waals surface area contributed by atoms with Gasteiger partial charge in [-0.1, -0.05) is 17.7 Å². The van der Waals surface area contributed by atoms with Crippen LogP contribution in [-0.4, -0.2) is 23.7 Å². The maximum Gasteiger partial charge on any atom is 0.276 e. The number of aliphatic hydroxyl groups excluding tert-OH is 1. The molecule has 0 saturated carbocycles. The van der Waals surface area contributed by atoms with Crippen LogP contribution in [0.4, 0.5) is 0 Å². The average molecular weight is 244 g/mol. The third-order valence-corrected chi connectivity index (χ3v) is 2.17. The molecule has 0 aliphatic heterocycles. The van der Waals surface area contributed by atoms with Gasteiger partial charge in [-0.3, -0.25) is 9.63 Å². The van der Waals surface area contributed by atoms with E-state index in [4.69, 9.17) is 21.5 Å². The molecule has 1 aromatic carbocycles. The monoisotopic (exact) mass is 243 g/mol. The van der Waals surface area contributed by atoms with Gasteiger partial charge in [-0.05, 0) is 31.5 Å². The largest absolute Gasteiger partial charge is 0.391 e. The van der Waals surface area contributed by atoms with E-state index < -0.39 is 12.0 Å². The zero-order chi connectivity index (χ0) is 12.1. The number of hydroxylamine groups is 1. The van der Waals surface area contributed by atoms with E-state index in [-0.39, 0.29) is 6.61 Å². The van der Waals surface area contributed by atoms with Gasteiger partial charge >= 0.3 is 0 Å². The Morgan fingerprint density at radius 3 is 2.88 bits per heavy atom. The molecule has 0 aliphatic carbocycles. The zero-order valence-electron chi connectivity index (χ0n) is 9.16. The molecule has 0 aliphatic rings. The van der Waals surface area contributed by atoms with Gasteiger partial charge in [0, 0.05) is 0 Å². The van der Waals surface area contributed by atoms with Crippen molar-refractivity contribution in [2.75, 3.05) is 6.61 Å². The first-order valence-electron chi connectivity index (χ1n) is 4.87. The molecule has 0 aromatic heterocycles. The standard InChI is InChI=1S/C11H14ClNO3/c1-7-3-4-9(10(12)5-7)11(15)13-16-6-8(2)14/h3-5,8,14H,6H2,1-2H3,(H,13,15)/t8-/m0/s1. The molecule has 0 bridgehead atoms. The third-order valence-electron chi connectivity index (χ3n) is 1.86. The number of nitrogens with one attached hydrogen (secondary N) is 1. The first-order chi connectivity index (χ1) is 7.50. The predicted octanol–water partition coefficient (Wildman–Crippen LogP) is 1.69. The zero-order valence-corrected chi connectivity index (χ0v) is 9.91. The second-order valence-electron chi connectivity index (χ2n) is 3.57. The molecule has 0 radical (unpaired) electrons. The molecule has 0 spiro atoms. The van der Waals surface area contributed by atoms with E-state index >= 15 is 0 Å². The molecule has 1 aromatic rings. The minimum Gasteiger partial charge on any atom is -0.391 e. The molecule has 4 nitrogen and oxygen atoms in total. The lowest BCUT2D eigenvalue weighted by Gasteiger charge is -2.08. The van der Waals surface area contributed by atoms with Crippen LogP contribution < -0.4 is 5.48 Å². The van der Waals surface area contributed by atoms with Crippen LogP contribution in [0.25, 0.3) is 0 Å². The molecule has 1 rings (SSSR count). The number of aryl methyl sites for hydroxylation is 1. The van der Waals surface area contributed by atoms with Crippen LogP contribution in [0.3, 0.4) is 0 Å². The Balaban J connectivity index is 2.59. The summed E-state index contributed by atoms with van der Waals surface area (Å²) in [6, 6.07) is 5.11. The minimum absolute atomic E-state index is 0.0369. The summed E-state index contributed by atoms with van der Waals surface area (Å²) in [5.74, 6) is -0.425. The number of carbonyl (C=O) groups is 1. The normalized spacial score (nSPS) is 12.2. The summed E-state index contributed by atoms with van der Waals surface area (Å²) in [6.45, 7) is 3.48. The first-order valence-corrected chi connectivity index (χ1v) is 5.25. The van der Waals surface area contributed by atoms with Gasteiger partial charge in [0.05, 0.1) is 16.7 Å². The van der Waals surface area contributed by atoms with Crippen LogP contribution in [-0.2, 0) is 4.84 Å². The molecule has 16 heavy (non-hydrogen) atoms. The topological polar surface area (TPSA) is 58.6 Å². The van der Waals surface area contributed by atoms with Crippen molar-refractivity contribution in [3.8, 4) is 0 Å². The molecule has 0 fully saturated rings. The molecule has 88 valence electrons. The summed E-state index contributed by atoms with van der Waals surface area (Å²) in [7, 11) is 0. The van der Waals surface area contributed by atoms with Gasteiger partial charge in [0.1, 0.15) is 6.61 Å². The summed E-state index contributed by atoms with van der Waals surface area (Å²) in [5, 5.41) is 9.30. The Kier molecular flexibility index (Phi) is 4.73. The van der Waals surface area contributed by atoms with Crippen molar-refractivity contribution >= 4 is 17.5 Å². The van der Waals surface area contributed by atoms with Gasteiger partial charge < -0.3 is 5.11 Å². The fraction of sp³-hybridized carbons (Fsp3) is 0.364. The third kappa shape index (κ3) is 3.81. The smallest absolute Gasteiger partial charge is 0.276 e. The molecule has 0 unspecified atom stereocenters. The lowest BCUT2D eigenvalue weighted by molar-refractivity contribution is -0.00686. The van der Waals surface area contributed by atoms with Crippen molar-refractivity contribution in [3.05, 3.63) is 34.3 Å². The minimum atomic E-state index is -0.631. The first kappa shape index (κ1) is 13.0. The summed E-state index contributed by atoms with van der Waals surface area (Å²) in [6.07, 6.45) is -0.631. The number of aliphatic hydroxyl groups is 1. The predicted molar refractivity (Wildman–Crippen MR) is 61.3 cm³/mol. The van der Waals surface area contributed by atoms with E-state index in [0.29, 0.717) is 10.6 Å². The van der Waals surface area contributed by atoms with E-state index in [1.807, 2.05) is 6.92 Å². The summed E-state index contributed by atoms with van der Waals surface area (Å²) in [5.41, 5.74) is 3.53. The second-order valence-corrected chi connectivity index (χ2v) is 3.98. The molecular formula is C11H14ClNO3. The van der Waals surface area contributed by atoms with Crippen LogP contribution in [0, 0.1) is 6.92 Å². The highest BCUT2D eigenvalue weighted by atomic mass is 35.5. The lowest BCUT2D eigenvalue weighted by atomic mass is 10.1. The maximum absolute atomic E-state index is 11.6. The van der Waals surface area contributed by atoms with Crippen molar-refractivity contribution in [2.24, 2.45) is 0 Å². The molecule has 1 atom stereocenters. The van der Waals surface area contributed by atoms with E-state index in [2.05, 4.69) is 5.48 Å². The van der Waals surface area contributed by atoms with Crippen LogP contribution >= 0.6 is 11.6 Å². The lowest BCUT2D eigenvalue weighted by Crippen LogP contribution is -2.27. The Morgan fingerprint density at radius 2 is 2.31 bits per heavy atom. The number of rotatable bonds is 4. The molecule has 0 heterocycles. The van der Waals surface area contributed by atoms with Gasteiger partial charge in [0.15, 0.2) is 0 Å². The fourth-order valence-electron chi connectivity index (χ4n) is 1.09. The molecule has 2 N–H and O–H groups in total. The van der Waals surface area contributed by atoms with E-state index in [0.717, 1.165) is 5.56 Å². The molecule has 0 saturated heterocycles.